The number of halogens is 4. The molecule has 0 bridgehead atoms. The zero-order chi connectivity index (χ0) is 35.9. The number of benzene rings is 5. The van der Waals surface area contributed by atoms with E-state index in [2.05, 4.69) is 10.2 Å². The number of allylic oxidation sites excluding steroid dienone is 2. The van der Waals surface area contributed by atoms with Gasteiger partial charge in [0.1, 0.15) is 11.0 Å². The van der Waals surface area contributed by atoms with Gasteiger partial charge in [-0.25, -0.2) is 17.6 Å². The van der Waals surface area contributed by atoms with E-state index in [1.807, 2.05) is 12.1 Å². The first-order valence-corrected chi connectivity index (χ1v) is 17.2. The van der Waals surface area contributed by atoms with Crippen molar-refractivity contribution in [2.75, 3.05) is 0 Å². The highest BCUT2D eigenvalue weighted by molar-refractivity contribution is 7.28. The lowest BCUT2D eigenvalue weighted by atomic mass is 10.0. The molecular weight excluding hydrogens is 715 g/mol. The number of ketones is 4. The zero-order valence-electron chi connectivity index (χ0n) is 26.2. The maximum atomic E-state index is 13.9. The molecule has 0 radical (unpaired) electrons. The van der Waals surface area contributed by atoms with Crippen molar-refractivity contribution in [1.82, 2.24) is 15.0 Å². The number of thiophene rings is 2. The number of aryl methyl sites for hydroxylation is 1. The third kappa shape index (κ3) is 4.23. The number of aromatic nitrogens is 3. The lowest BCUT2D eigenvalue weighted by molar-refractivity contribution is 0.0975. The summed E-state index contributed by atoms with van der Waals surface area (Å²) < 4.78 is 57.3. The largest absolute Gasteiger partial charge is 0.288 e. The second-order valence-electron chi connectivity index (χ2n) is 12.6. The molecule has 52 heavy (non-hydrogen) atoms. The smallest absolute Gasteiger partial charge is 0.197 e. The summed E-state index contributed by atoms with van der Waals surface area (Å²) >= 11 is 2.63. The normalized spacial score (nSPS) is 14.3. The fourth-order valence-corrected chi connectivity index (χ4v) is 9.46. The molecule has 0 saturated carbocycles. The van der Waals surface area contributed by atoms with Crippen molar-refractivity contribution in [2.45, 2.75) is 0 Å². The molecular formula is C39H15F4N3O4S2. The van der Waals surface area contributed by atoms with Crippen LogP contribution in [0.1, 0.15) is 51.2 Å². The van der Waals surface area contributed by atoms with Gasteiger partial charge < -0.3 is 0 Å². The van der Waals surface area contributed by atoms with E-state index in [-0.39, 0.29) is 33.4 Å². The van der Waals surface area contributed by atoms with Gasteiger partial charge in [-0.05, 0) is 94.4 Å². The molecule has 2 aliphatic carbocycles. The average Bonchev–Trinajstić information content (AvgIpc) is 3.91. The molecule has 0 amide bonds. The molecule has 0 aliphatic heterocycles. The first-order chi connectivity index (χ1) is 24.9. The molecule has 7 nitrogen and oxygen atoms in total. The van der Waals surface area contributed by atoms with Crippen molar-refractivity contribution in [3.05, 3.63) is 127 Å². The number of hydrogen-bond donors (Lipinski definition) is 0. The standard InChI is InChI=1S/C39H15F4N3O4S2/c1-46-44-32-24-10-18(12-26-34(47)20-2-14-6-28(40)29(41)7-15(14)3-21(20)35(26)48)51-38(24)39-25(33(32)45-46)11-19(52-39)13-27-36(49)22-4-16-8-30(42)31(43)9-17(16)5-23(22)37(27)50/h2-13H,1H3. The number of carbonyl (C=O) groups is 4. The van der Waals surface area contributed by atoms with E-state index >= 15 is 0 Å². The molecule has 3 heterocycles. The Morgan fingerprint density at radius 1 is 0.500 bits per heavy atom. The monoisotopic (exact) mass is 729 g/mol. The van der Waals surface area contributed by atoms with Crippen LogP contribution in [0.4, 0.5) is 17.6 Å². The van der Waals surface area contributed by atoms with Crippen LogP contribution in [0.5, 0.6) is 0 Å². The van der Waals surface area contributed by atoms with Crippen LogP contribution in [0.15, 0.2) is 71.8 Å². The van der Waals surface area contributed by atoms with E-state index in [1.54, 1.807) is 7.05 Å². The minimum absolute atomic E-state index is 0.0861. The summed E-state index contributed by atoms with van der Waals surface area (Å²) in [6.45, 7) is 0. The van der Waals surface area contributed by atoms with Gasteiger partial charge in [-0.1, -0.05) is 0 Å². The molecule has 8 aromatic rings. The molecule has 2 aliphatic rings. The van der Waals surface area contributed by atoms with Crippen molar-refractivity contribution < 1.29 is 36.7 Å². The lowest BCUT2D eigenvalue weighted by Crippen LogP contribution is -1.99. The Morgan fingerprint density at radius 3 is 1.12 bits per heavy atom. The molecule has 0 atom stereocenters. The lowest BCUT2D eigenvalue weighted by Gasteiger charge is -2.02. The van der Waals surface area contributed by atoms with Crippen LogP contribution in [0.3, 0.4) is 0 Å². The number of carbonyl (C=O) groups excluding carboxylic acids is 4. The third-order valence-corrected chi connectivity index (χ3v) is 11.8. The van der Waals surface area contributed by atoms with Crippen LogP contribution in [0.25, 0.3) is 64.9 Å². The van der Waals surface area contributed by atoms with Crippen LogP contribution in [0, 0.1) is 23.3 Å². The summed E-state index contributed by atoms with van der Waals surface area (Å²) in [6.07, 6.45) is 3.00. The van der Waals surface area contributed by atoms with Gasteiger partial charge in [0.05, 0.1) is 20.5 Å². The number of rotatable bonds is 2. The second-order valence-corrected chi connectivity index (χ2v) is 14.8. The summed E-state index contributed by atoms with van der Waals surface area (Å²) in [6, 6.07) is 13.2. The van der Waals surface area contributed by atoms with Crippen LogP contribution >= 0.6 is 22.7 Å². The van der Waals surface area contributed by atoms with Crippen molar-refractivity contribution in [3.8, 4) is 0 Å². The predicted molar refractivity (Wildman–Crippen MR) is 190 cm³/mol. The fraction of sp³-hybridized carbons (Fsp3) is 0.0256. The summed E-state index contributed by atoms with van der Waals surface area (Å²) in [5, 5.41) is 11.7. The molecule has 0 saturated heterocycles. The summed E-state index contributed by atoms with van der Waals surface area (Å²) in [5.41, 5.74) is 1.39. The quantitative estimate of drug-likeness (QED) is 0.100. The molecule has 10 rings (SSSR count). The molecule has 250 valence electrons. The minimum atomic E-state index is -1.06. The van der Waals surface area contributed by atoms with E-state index < -0.39 is 46.4 Å². The summed E-state index contributed by atoms with van der Waals surface area (Å²) in [5.74, 6) is -6.35. The van der Waals surface area contributed by atoms with Crippen LogP contribution < -0.4 is 0 Å². The van der Waals surface area contributed by atoms with Gasteiger partial charge in [0, 0.05) is 49.8 Å². The van der Waals surface area contributed by atoms with Gasteiger partial charge in [-0.3, -0.25) is 19.2 Å². The Hall–Kier alpha value is -6.18. The topological polar surface area (TPSA) is 99.0 Å². The Balaban J connectivity index is 1.09. The van der Waals surface area contributed by atoms with E-state index in [1.165, 1.54) is 63.9 Å². The highest BCUT2D eigenvalue weighted by Crippen LogP contribution is 2.44. The number of hydrogen-bond acceptors (Lipinski definition) is 8. The molecule has 0 N–H and O–H groups in total. The Kier molecular flexibility index (Phi) is 6.15. The van der Waals surface area contributed by atoms with Gasteiger partial charge in [0.15, 0.2) is 46.4 Å². The zero-order valence-corrected chi connectivity index (χ0v) is 27.9. The summed E-state index contributed by atoms with van der Waals surface area (Å²) in [7, 11) is 1.67. The van der Waals surface area contributed by atoms with Crippen molar-refractivity contribution in [1.29, 1.82) is 0 Å². The SMILES string of the molecule is Cn1nc2c3cc(C=C4C(=O)c5cc6cc(F)c(F)cc6cc5C4=O)sc3c3sc(C=C4C(=O)c5cc6cc(F)c(F)cc6cc5C4=O)cc3c2n1. The molecule has 0 spiro atoms. The highest BCUT2D eigenvalue weighted by atomic mass is 32.1. The van der Waals surface area contributed by atoms with E-state index in [4.69, 9.17) is 0 Å². The van der Waals surface area contributed by atoms with Crippen LogP contribution in [-0.4, -0.2) is 38.1 Å². The number of fused-ring (bicyclic) bond motifs is 10. The van der Waals surface area contributed by atoms with Gasteiger partial charge in [-0.2, -0.15) is 15.0 Å². The van der Waals surface area contributed by atoms with Gasteiger partial charge in [-0.15, -0.1) is 22.7 Å². The van der Waals surface area contributed by atoms with Gasteiger partial charge in [0.25, 0.3) is 0 Å². The van der Waals surface area contributed by atoms with E-state index in [0.29, 0.717) is 53.1 Å². The van der Waals surface area contributed by atoms with Crippen LogP contribution in [-0.2, 0) is 7.05 Å². The van der Waals surface area contributed by atoms with Gasteiger partial charge >= 0.3 is 0 Å². The first kappa shape index (κ1) is 30.6. The van der Waals surface area contributed by atoms with Crippen molar-refractivity contribution in [3.63, 3.8) is 0 Å². The van der Waals surface area contributed by atoms with E-state index in [9.17, 15) is 36.7 Å². The third-order valence-electron chi connectivity index (χ3n) is 9.49. The Bertz CT molecular complexity index is 2830. The minimum Gasteiger partial charge on any atom is -0.288 e. The average molecular weight is 730 g/mol. The van der Waals surface area contributed by atoms with Crippen molar-refractivity contribution >= 4 is 111 Å². The van der Waals surface area contributed by atoms with Crippen LogP contribution in [0.2, 0.25) is 0 Å². The molecule has 5 aromatic carbocycles. The van der Waals surface area contributed by atoms with Gasteiger partial charge in [0.2, 0.25) is 0 Å². The van der Waals surface area contributed by atoms with Crippen molar-refractivity contribution in [2.24, 2.45) is 7.05 Å². The predicted octanol–water partition coefficient (Wildman–Crippen LogP) is 9.19. The molecule has 0 unspecified atom stereocenters. The van der Waals surface area contributed by atoms with E-state index in [0.717, 1.165) is 33.7 Å². The first-order valence-electron chi connectivity index (χ1n) is 15.6. The Labute approximate surface area is 295 Å². The molecule has 13 heteroatoms. The molecule has 0 fully saturated rings. The number of nitrogens with zero attached hydrogens (tertiary/aromatic N) is 3. The molecule has 3 aromatic heterocycles. The fourth-order valence-electron chi connectivity index (χ4n) is 7.09. The summed E-state index contributed by atoms with van der Waals surface area (Å²) in [4.78, 5) is 56.5. The maximum Gasteiger partial charge on any atom is 0.197 e. The Morgan fingerprint density at radius 2 is 0.808 bits per heavy atom. The second kappa shape index (κ2) is 10.4. The highest BCUT2D eigenvalue weighted by Gasteiger charge is 2.35. The number of Topliss-reactive ketones (excluding diaryl/α,β-unsaturated/α-hetero) is 4. The maximum absolute atomic E-state index is 13.9.